The lowest BCUT2D eigenvalue weighted by molar-refractivity contribution is -0.136. The van der Waals surface area contributed by atoms with E-state index in [0.29, 0.717) is 12.2 Å². The predicted molar refractivity (Wildman–Crippen MR) is 109 cm³/mol. The van der Waals surface area contributed by atoms with Gasteiger partial charge in [0.2, 0.25) is 0 Å². The maximum atomic E-state index is 11.6. The SMILES string of the molecule is COc1ccc(-c2ccc(CCC(=O)O)n2-c2ccc(C(N)=O)c(OC)c2)cc1. The van der Waals surface area contributed by atoms with Crippen LogP contribution in [0, 0.1) is 0 Å². The normalized spacial score (nSPS) is 10.6. The second kappa shape index (κ2) is 8.52. The number of nitrogens with zero attached hydrogens (tertiary/aromatic N) is 1. The molecule has 7 nitrogen and oxygen atoms in total. The minimum Gasteiger partial charge on any atom is -0.497 e. The Labute approximate surface area is 168 Å². The molecule has 0 radical (unpaired) electrons. The van der Waals surface area contributed by atoms with Gasteiger partial charge in [-0.15, -0.1) is 0 Å². The van der Waals surface area contributed by atoms with Crippen molar-refractivity contribution >= 4 is 11.9 Å². The van der Waals surface area contributed by atoms with Crippen LogP contribution in [0.15, 0.2) is 54.6 Å². The lowest BCUT2D eigenvalue weighted by atomic mass is 10.1. The number of carboxylic acids is 1. The molecule has 1 amide bonds. The molecular formula is C22H22N2O5. The van der Waals surface area contributed by atoms with Crippen LogP contribution in [0.25, 0.3) is 16.9 Å². The first-order valence-corrected chi connectivity index (χ1v) is 8.99. The summed E-state index contributed by atoms with van der Waals surface area (Å²) in [7, 11) is 3.07. The van der Waals surface area contributed by atoms with E-state index < -0.39 is 11.9 Å². The number of carbonyl (C=O) groups excluding carboxylic acids is 1. The lowest BCUT2D eigenvalue weighted by Gasteiger charge is -2.16. The van der Waals surface area contributed by atoms with Crippen LogP contribution in [-0.4, -0.2) is 35.8 Å². The Bertz CT molecular complexity index is 1040. The molecule has 3 N–H and O–H groups in total. The number of nitrogens with two attached hydrogens (primary N) is 1. The summed E-state index contributed by atoms with van der Waals surface area (Å²) < 4.78 is 12.5. The smallest absolute Gasteiger partial charge is 0.303 e. The van der Waals surface area contributed by atoms with Gasteiger partial charge in [-0.2, -0.15) is 0 Å². The Balaban J connectivity index is 2.14. The van der Waals surface area contributed by atoms with Crippen molar-refractivity contribution in [1.29, 1.82) is 0 Å². The van der Waals surface area contributed by atoms with E-state index in [1.165, 1.54) is 7.11 Å². The Hall–Kier alpha value is -3.74. The van der Waals surface area contributed by atoms with Gasteiger partial charge < -0.3 is 24.9 Å². The van der Waals surface area contributed by atoms with Crippen molar-refractivity contribution in [1.82, 2.24) is 4.57 Å². The van der Waals surface area contributed by atoms with Gasteiger partial charge in [-0.25, -0.2) is 0 Å². The maximum Gasteiger partial charge on any atom is 0.303 e. The highest BCUT2D eigenvalue weighted by atomic mass is 16.5. The molecule has 0 spiro atoms. The number of aryl methyl sites for hydroxylation is 1. The zero-order valence-electron chi connectivity index (χ0n) is 16.2. The molecule has 0 fully saturated rings. The number of hydrogen-bond acceptors (Lipinski definition) is 4. The third kappa shape index (κ3) is 4.24. The van der Waals surface area contributed by atoms with Gasteiger partial charge in [-0.3, -0.25) is 9.59 Å². The molecule has 3 rings (SSSR count). The monoisotopic (exact) mass is 394 g/mol. The third-order valence-electron chi connectivity index (χ3n) is 4.65. The van der Waals surface area contributed by atoms with E-state index in [2.05, 4.69) is 0 Å². The fraction of sp³-hybridized carbons (Fsp3) is 0.182. The number of amides is 1. The van der Waals surface area contributed by atoms with Crippen LogP contribution in [0.2, 0.25) is 0 Å². The summed E-state index contributed by atoms with van der Waals surface area (Å²) in [5, 5.41) is 9.10. The van der Waals surface area contributed by atoms with Crippen molar-refractivity contribution in [2.24, 2.45) is 5.73 Å². The molecule has 1 aromatic heterocycles. The second-order valence-corrected chi connectivity index (χ2v) is 6.42. The van der Waals surface area contributed by atoms with Gasteiger partial charge >= 0.3 is 5.97 Å². The molecule has 150 valence electrons. The van der Waals surface area contributed by atoms with E-state index in [1.807, 2.05) is 41.0 Å². The van der Waals surface area contributed by atoms with E-state index in [-0.39, 0.29) is 12.0 Å². The van der Waals surface area contributed by atoms with Crippen molar-refractivity contribution in [2.75, 3.05) is 14.2 Å². The van der Waals surface area contributed by atoms with Gasteiger partial charge in [-0.1, -0.05) is 0 Å². The van der Waals surface area contributed by atoms with Crippen LogP contribution in [-0.2, 0) is 11.2 Å². The standard InChI is InChI=1S/C22H22N2O5/c1-28-17-8-3-14(4-9-17)19-11-6-15(7-12-21(25)26)24(19)16-5-10-18(22(23)27)20(13-16)29-2/h3-6,8-11,13H,7,12H2,1-2H3,(H2,23,27)(H,25,26). The quantitative estimate of drug-likeness (QED) is 0.610. The molecule has 7 heteroatoms. The number of aromatic nitrogens is 1. The number of methoxy groups -OCH3 is 2. The number of primary amides is 1. The summed E-state index contributed by atoms with van der Waals surface area (Å²) in [6.45, 7) is 0. The van der Waals surface area contributed by atoms with Crippen molar-refractivity contribution in [2.45, 2.75) is 12.8 Å². The highest BCUT2D eigenvalue weighted by Crippen LogP contribution is 2.31. The Morgan fingerprint density at radius 1 is 1.00 bits per heavy atom. The number of carboxylic acid groups (broad SMARTS) is 1. The van der Waals surface area contributed by atoms with Gasteiger partial charge in [0.15, 0.2) is 0 Å². The number of carbonyl (C=O) groups is 2. The van der Waals surface area contributed by atoms with Crippen molar-refractivity contribution < 1.29 is 24.2 Å². The molecule has 2 aromatic carbocycles. The van der Waals surface area contributed by atoms with Crippen molar-refractivity contribution in [3.8, 4) is 28.4 Å². The summed E-state index contributed by atoms with van der Waals surface area (Å²) in [6.07, 6.45) is 0.355. The number of aliphatic carboxylic acids is 1. The first-order chi connectivity index (χ1) is 13.9. The molecule has 0 saturated heterocycles. The minimum absolute atomic E-state index is 0.00255. The molecule has 0 unspecified atom stereocenters. The average Bonchev–Trinajstić information content (AvgIpc) is 3.15. The van der Waals surface area contributed by atoms with Gasteiger partial charge in [0, 0.05) is 17.4 Å². The molecule has 3 aromatic rings. The maximum absolute atomic E-state index is 11.6. The fourth-order valence-electron chi connectivity index (χ4n) is 3.22. The summed E-state index contributed by atoms with van der Waals surface area (Å²) in [6, 6.07) is 16.5. The lowest BCUT2D eigenvalue weighted by Crippen LogP contribution is -2.13. The van der Waals surface area contributed by atoms with E-state index in [1.54, 1.807) is 25.3 Å². The summed E-state index contributed by atoms with van der Waals surface area (Å²) >= 11 is 0. The molecule has 0 aliphatic rings. The molecule has 0 atom stereocenters. The second-order valence-electron chi connectivity index (χ2n) is 6.42. The minimum atomic E-state index is -0.870. The zero-order chi connectivity index (χ0) is 21.0. The van der Waals surface area contributed by atoms with Gasteiger partial charge in [-0.05, 0) is 60.5 Å². The Morgan fingerprint density at radius 2 is 1.72 bits per heavy atom. The number of hydrogen-bond donors (Lipinski definition) is 2. The number of benzene rings is 2. The topological polar surface area (TPSA) is 104 Å². The summed E-state index contributed by atoms with van der Waals surface area (Å²) in [5.41, 5.74) is 9.07. The van der Waals surface area contributed by atoms with Crippen LogP contribution >= 0.6 is 0 Å². The summed E-state index contributed by atoms with van der Waals surface area (Å²) in [4.78, 5) is 22.7. The molecule has 1 heterocycles. The van der Waals surface area contributed by atoms with Gasteiger partial charge in [0.05, 0.1) is 31.9 Å². The molecule has 29 heavy (non-hydrogen) atoms. The van der Waals surface area contributed by atoms with E-state index in [0.717, 1.165) is 28.4 Å². The highest BCUT2D eigenvalue weighted by Gasteiger charge is 2.16. The van der Waals surface area contributed by atoms with Crippen molar-refractivity contribution in [3.05, 3.63) is 65.9 Å². The van der Waals surface area contributed by atoms with E-state index in [9.17, 15) is 9.59 Å². The van der Waals surface area contributed by atoms with E-state index in [4.69, 9.17) is 20.3 Å². The first kappa shape index (κ1) is 20.0. The third-order valence-corrected chi connectivity index (χ3v) is 4.65. The van der Waals surface area contributed by atoms with E-state index >= 15 is 0 Å². The zero-order valence-corrected chi connectivity index (χ0v) is 16.2. The van der Waals surface area contributed by atoms with Crippen LogP contribution in [0.3, 0.4) is 0 Å². The Kier molecular flexibility index (Phi) is 5.87. The van der Waals surface area contributed by atoms with Gasteiger partial charge in [0.1, 0.15) is 11.5 Å². The highest BCUT2D eigenvalue weighted by molar-refractivity contribution is 5.96. The predicted octanol–water partition coefficient (Wildman–Crippen LogP) is 3.28. The van der Waals surface area contributed by atoms with Crippen LogP contribution < -0.4 is 15.2 Å². The van der Waals surface area contributed by atoms with Gasteiger partial charge in [0.25, 0.3) is 5.91 Å². The largest absolute Gasteiger partial charge is 0.497 e. The number of rotatable bonds is 8. The molecule has 0 saturated carbocycles. The van der Waals surface area contributed by atoms with Crippen LogP contribution in [0.4, 0.5) is 0 Å². The molecule has 0 aliphatic heterocycles. The Morgan fingerprint density at radius 3 is 2.31 bits per heavy atom. The molecule has 0 bridgehead atoms. The first-order valence-electron chi connectivity index (χ1n) is 8.99. The molecular weight excluding hydrogens is 372 g/mol. The van der Waals surface area contributed by atoms with Crippen molar-refractivity contribution in [3.63, 3.8) is 0 Å². The fourth-order valence-corrected chi connectivity index (χ4v) is 3.22. The summed E-state index contributed by atoms with van der Waals surface area (Å²) in [5.74, 6) is -0.355. The van der Waals surface area contributed by atoms with Crippen LogP contribution in [0.1, 0.15) is 22.5 Å². The average molecular weight is 394 g/mol. The van der Waals surface area contributed by atoms with Crippen LogP contribution in [0.5, 0.6) is 11.5 Å². The number of ether oxygens (including phenoxy) is 2. The molecule has 0 aliphatic carbocycles.